The van der Waals surface area contributed by atoms with Crippen molar-refractivity contribution in [3.8, 4) is 5.75 Å². The number of nitrogens with zero attached hydrogens (tertiary/aromatic N) is 2. The van der Waals surface area contributed by atoms with Gasteiger partial charge in [0.25, 0.3) is 5.91 Å². The van der Waals surface area contributed by atoms with Gasteiger partial charge in [0, 0.05) is 24.8 Å². The number of benzene rings is 1. The molecule has 1 atom stereocenters. The molecule has 1 aromatic rings. The van der Waals surface area contributed by atoms with E-state index in [-0.39, 0.29) is 24.3 Å². The van der Waals surface area contributed by atoms with Crippen LogP contribution < -0.4 is 9.64 Å². The van der Waals surface area contributed by atoms with E-state index in [0.29, 0.717) is 25.3 Å². The minimum Gasteiger partial charge on any atom is -0.497 e. The number of aliphatic hydroxyl groups excluding tert-OH is 1. The topological polar surface area (TPSA) is 70.1 Å². The van der Waals surface area contributed by atoms with Crippen LogP contribution in [-0.2, 0) is 9.59 Å². The van der Waals surface area contributed by atoms with Crippen LogP contribution in [0, 0.1) is 5.92 Å². The zero-order chi connectivity index (χ0) is 17.0. The van der Waals surface area contributed by atoms with Gasteiger partial charge in [-0.05, 0) is 24.5 Å². The minimum absolute atomic E-state index is 0.00873. The largest absolute Gasteiger partial charge is 0.497 e. The molecule has 1 N–H and O–H groups in total. The second-order valence-corrected chi connectivity index (χ2v) is 6.15. The number of ether oxygens (including phenoxy) is 1. The van der Waals surface area contributed by atoms with Crippen LogP contribution in [0.25, 0.3) is 0 Å². The van der Waals surface area contributed by atoms with Crippen LogP contribution in [0.1, 0.15) is 20.3 Å². The van der Waals surface area contributed by atoms with Gasteiger partial charge in [-0.3, -0.25) is 9.59 Å². The summed E-state index contributed by atoms with van der Waals surface area (Å²) in [7, 11) is 1.58. The van der Waals surface area contributed by atoms with E-state index in [9.17, 15) is 14.7 Å². The summed E-state index contributed by atoms with van der Waals surface area (Å²) >= 11 is 0. The molecule has 0 spiro atoms. The molecule has 1 saturated heterocycles. The summed E-state index contributed by atoms with van der Waals surface area (Å²) in [6.07, 6.45) is -0.630. The van der Waals surface area contributed by atoms with Crippen LogP contribution in [0.15, 0.2) is 24.3 Å². The summed E-state index contributed by atoms with van der Waals surface area (Å²) in [6, 6.07) is 7.27. The van der Waals surface area contributed by atoms with E-state index >= 15 is 0 Å². The number of methoxy groups -OCH3 is 1. The first-order valence-corrected chi connectivity index (χ1v) is 7.83. The van der Waals surface area contributed by atoms with Crippen molar-refractivity contribution in [3.05, 3.63) is 24.3 Å². The highest BCUT2D eigenvalue weighted by Crippen LogP contribution is 2.23. The number of hydrogen-bond acceptors (Lipinski definition) is 4. The first kappa shape index (κ1) is 17.3. The molecule has 126 valence electrons. The van der Waals surface area contributed by atoms with Crippen molar-refractivity contribution < 1.29 is 19.4 Å². The van der Waals surface area contributed by atoms with Crippen LogP contribution in [0.5, 0.6) is 5.75 Å². The molecule has 1 heterocycles. The summed E-state index contributed by atoms with van der Waals surface area (Å²) in [5, 5.41) is 9.95. The number of piperazine rings is 1. The van der Waals surface area contributed by atoms with Crippen molar-refractivity contribution in [3.63, 3.8) is 0 Å². The predicted octanol–water partition coefficient (Wildman–Crippen LogP) is 1.28. The highest BCUT2D eigenvalue weighted by atomic mass is 16.5. The fourth-order valence-corrected chi connectivity index (χ4v) is 2.67. The molecule has 0 bridgehead atoms. The van der Waals surface area contributed by atoms with Gasteiger partial charge in [-0.1, -0.05) is 19.9 Å². The van der Waals surface area contributed by atoms with Gasteiger partial charge in [-0.15, -0.1) is 0 Å². The Morgan fingerprint density at radius 2 is 2.09 bits per heavy atom. The van der Waals surface area contributed by atoms with Crippen LogP contribution in [0.4, 0.5) is 5.69 Å². The molecule has 1 aromatic carbocycles. The quantitative estimate of drug-likeness (QED) is 0.887. The second-order valence-electron chi connectivity index (χ2n) is 6.15. The third-order valence-electron chi connectivity index (χ3n) is 3.88. The van der Waals surface area contributed by atoms with Gasteiger partial charge < -0.3 is 19.6 Å². The number of carbonyl (C=O) groups is 2. The van der Waals surface area contributed by atoms with Crippen molar-refractivity contribution in [1.29, 1.82) is 0 Å². The molecule has 0 saturated carbocycles. The van der Waals surface area contributed by atoms with Crippen LogP contribution in [-0.4, -0.2) is 54.7 Å². The van der Waals surface area contributed by atoms with E-state index in [4.69, 9.17) is 4.74 Å². The number of rotatable bonds is 5. The molecular formula is C17H24N2O4. The van der Waals surface area contributed by atoms with Crippen molar-refractivity contribution in [2.75, 3.05) is 31.6 Å². The Balaban J connectivity index is 2.02. The zero-order valence-corrected chi connectivity index (χ0v) is 13.9. The Bertz CT molecular complexity index is 573. The maximum atomic E-state index is 12.4. The van der Waals surface area contributed by atoms with Gasteiger partial charge in [-0.2, -0.15) is 0 Å². The average molecular weight is 320 g/mol. The van der Waals surface area contributed by atoms with Crippen LogP contribution in [0.3, 0.4) is 0 Å². The molecule has 1 aliphatic heterocycles. The second kappa shape index (κ2) is 7.46. The van der Waals surface area contributed by atoms with Crippen molar-refractivity contribution >= 4 is 17.5 Å². The Morgan fingerprint density at radius 3 is 2.70 bits per heavy atom. The fourth-order valence-electron chi connectivity index (χ4n) is 2.67. The lowest BCUT2D eigenvalue weighted by molar-refractivity contribution is -0.144. The maximum Gasteiger partial charge on any atom is 0.251 e. The highest BCUT2D eigenvalue weighted by molar-refractivity contribution is 5.98. The molecule has 6 heteroatoms. The van der Waals surface area contributed by atoms with E-state index in [2.05, 4.69) is 0 Å². The van der Waals surface area contributed by atoms with Gasteiger partial charge in [-0.25, -0.2) is 0 Å². The van der Waals surface area contributed by atoms with E-state index in [1.54, 1.807) is 18.1 Å². The number of carbonyl (C=O) groups excluding carboxylic acids is 2. The summed E-state index contributed by atoms with van der Waals surface area (Å²) in [6.45, 7) is 4.71. The molecule has 0 radical (unpaired) electrons. The van der Waals surface area contributed by atoms with E-state index in [0.717, 1.165) is 5.69 Å². The summed E-state index contributed by atoms with van der Waals surface area (Å²) < 4.78 is 5.17. The van der Waals surface area contributed by atoms with Gasteiger partial charge in [0.2, 0.25) is 5.91 Å². The Hall–Kier alpha value is -2.08. The lowest BCUT2D eigenvalue weighted by Gasteiger charge is -2.35. The summed E-state index contributed by atoms with van der Waals surface area (Å²) in [5.41, 5.74) is 0.754. The molecule has 1 aliphatic rings. The summed E-state index contributed by atoms with van der Waals surface area (Å²) in [5.74, 6) is 0.385. The lowest BCUT2D eigenvalue weighted by Crippen LogP contribution is -2.54. The molecule has 2 amide bonds. The van der Waals surface area contributed by atoms with Gasteiger partial charge in [0.1, 0.15) is 18.4 Å². The Labute approximate surface area is 136 Å². The van der Waals surface area contributed by atoms with E-state index in [1.807, 2.05) is 32.0 Å². The number of aliphatic hydroxyl groups is 1. The van der Waals surface area contributed by atoms with Crippen molar-refractivity contribution in [2.45, 2.75) is 26.4 Å². The van der Waals surface area contributed by atoms with Gasteiger partial charge in [0.05, 0.1) is 7.11 Å². The normalized spacial score (nSPS) is 16.7. The van der Waals surface area contributed by atoms with Crippen LogP contribution >= 0.6 is 0 Å². The fraction of sp³-hybridized carbons (Fsp3) is 0.529. The maximum absolute atomic E-state index is 12.4. The average Bonchev–Trinajstić information content (AvgIpc) is 2.53. The zero-order valence-electron chi connectivity index (χ0n) is 13.9. The SMILES string of the molecule is COc1cccc(N2CCN(C(=O)C(O)CC(C)C)CC2=O)c1. The van der Waals surface area contributed by atoms with E-state index in [1.165, 1.54) is 4.90 Å². The standard InChI is InChI=1S/C17H24N2O4/c1-12(2)9-15(20)17(22)18-7-8-19(16(21)11-18)13-5-4-6-14(10-13)23-3/h4-6,10,12,15,20H,7-9,11H2,1-3H3. The number of amides is 2. The molecule has 1 fully saturated rings. The summed E-state index contributed by atoms with van der Waals surface area (Å²) in [4.78, 5) is 27.6. The molecule has 1 unspecified atom stereocenters. The number of hydrogen-bond donors (Lipinski definition) is 1. The Kier molecular flexibility index (Phi) is 5.60. The molecule has 0 aromatic heterocycles. The third-order valence-corrected chi connectivity index (χ3v) is 3.88. The third kappa shape index (κ3) is 4.22. The molecule has 23 heavy (non-hydrogen) atoms. The Morgan fingerprint density at radius 1 is 1.35 bits per heavy atom. The monoisotopic (exact) mass is 320 g/mol. The van der Waals surface area contributed by atoms with E-state index < -0.39 is 6.10 Å². The molecule has 2 rings (SSSR count). The molecular weight excluding hydrogens is 296 g/mol. The van der Waals surface area contributed by atoms with Crippen molar-refractivity contribution in [2.24, 2.45) is 5.92 Å². The van der Waals surface area contributed by atoms with Crippen LogP contribution in [0.2, 0.25) is 0 Å². The molecule has 0 aliphatic carbocycles. The smallest absolute Gasteiger partial charge is 0.251 e. The first-order chi connectivity index (χ1) is 10.9. The minimum atomic E-state index is -1.04. The predicted molar refractivity (Wildman–Crippen MR) is 87.4 cm³/mol. The molecule has 6 nitrogen and oxygen atoms in total. The number of anilines is 1. The lowest BCUT2D eigenvalue weighted by atomic mass is 10.0. The van der Waals surface area contributed by atoms with Gasteiger partial charge >= 0.3 is 0 Å². The van der Waals surface area contributed by atoms with Gasteiger partial charge in [0.15, 0.2) is 0 Å². The highest BCUT2D eigenvalue weighted by Gasteiger charge is 2.31. The first-order valence-electron chi connectivity index (χ1n) is 7.83. The van der Waals surface area contributed by atoms with Crippen molar-refractivity contribution in [1.82, 2.24) is 4.90 Å².